The van der Waals surface area contributed by atoms with Crippen LogP contribution in [-0.2, 0) is 23.9 Å². The molecule has 3 aliphatic heterocycles. The molecular weight excluding hydrogens is 400 g/mol. The number of benzene rings is 2. The number of fused-ring (bicyclic) bond motifs is 2. The second kappa shape index (κ2) is 6.95. The highest BCUT2D eigenvalue weighted by Gasteiger charge is 2.66. The summed E-state index contributed by atoms with van der Waals surface area (Å²) in [6, 6.07) is 13.8. The van der Waals surface area contributed by atoms with Crippen LogP contribution < -0.4 is 15.0 Å². The Morgan fingerprint density at radius 2 is 1.87 bits per heavy atom. The van der Waals surface area contributed by atoms with Gasteiger partial charge in [-0.2, -0.15) is 0 Å². The van der Waals surface area contributed by atoms with Gasteiger partial charge < -0.3 is 19.5 Å². The Bertz CT molecular complexity index is 1140. The average molecular weight is 420 g/mol. The molecule has 2 amide bonds. The van der Waals surface area contributed by atoms with Gasteiger partial charge in [-0.3, -0.25) is 19.3 Å². The number of ketones is 1. The zero-order chi connectivity index (χ0) is 21.8. The minimum absolute atomic E-state index is 0.00742. The Kier molecular flexibility index (Phi) is 4.33. The fraction of sp³-hybridized carbons (Fsp3) is 0.261. The summed E-state index contributed by atoms with van der Waals surface area (Å²) in [6.07, 6.45) is -0.809. The molecule has 2 aromatic carbocycles. The lowest BCUT2D eigenvalue weighted by molar-refractivity contribution is -0.135. The molecule has 0 aromatic heterocycles. The first kappa shape index (κ1) is 19.3. The number of rotatable bonds is 4. The van der Waals surface area contributed by atoms with Gasteiger partial charge in [0.15, 0.2) is 5.54 Å². The number of para-hydroxylation sites is 2. The van der Waals surface area contributed by atoms with E-state index in [0.29, 0.717) is 29.3 Å². The first-order chi connectivity index (χ1) is 15.0. The maximum atomic E-state index is 13.5. The van der Waals surface area contributed by atoms with Crippen molar-refractivity contribution in [2.45, 2.75) is 25.2 Å². The van der Waals surface area contributed by atoms with E-state index in [1.54, 1.807) is 55.6 Å². The van der Waals surface area contributed by atoms with Gasteiger partial charge in [0, 0.05) is 18.6 Å². The number of carbonyl (C=O) groups excluding carboxylic acids is 3. The van der Waals surface area contributed by atoms with Gasteiger partial charge in [0.25, 0.3) is 11.7 Å². The molecule has 0 saturated carbocycles. The van der Waals surface area contributed by atoms with Gasteiger partial charge >= 0.3 is 5.91 Å². The molecule has 1 saturated heterocycles. The van der Waals surface area contributed by atoms with E-state index in [4.69, 9.17) is 14.2 Å². The Morgan fingerprint density at radius 3 is 2.58 bits per heavy atom. The van der Waals surface area contributed by atoms with Crippen molar-refractivity contribution in [3.63, 3.8) is 0 Å². The molecule has 1 N–H and O–H groups in total. The van der Waals surface area contributed by atoms with Crippen LogP contribution >= 0.6 is 0 Å². The number of nitrogens with one attached hydrogen (secondary N) is 1. The summed E-state index contributed by atoms with van der Waals surface area (Å²) >= 11 is 0. The van der Waals surface area contributed by atoms with Crippen molar-refractivity contribution < 1.29 is 28.6 Å². The summed E-state index contributed by atoms with van der Waals surface area (Å²) in [5, 5.41) is 2.86. The Hall–Kier alpha value is -3.65. The number of hydrogen-bond acceptors (Lipinski definition) is 6. The molecule has 158 valence electrons. The molecule has 0 bridgehead atoms. The van der Waals surface area contributed by atoms with Gasteiger partial charge in [-0.15, -0.1) is 0 Å². The third-order valence-electron chi connectivity index (χ3n) is 5.83. The van der Waals surface area contributed by atoms with Gasteiger partial charge in [-0.25, -0.2) is 0 Å². The van der Waals surface area contributed by atoms with Crippen LogP contribution in [0.3, 0.4) is 0 Å². The second-order valence-electron chi connectivity index (χ2n) is 7.44. The Balaban J connectivity index is 1.77. The molecule has 3 heterocycles. The molecule has 2 atom stereocenters. The van der Waals surface area contributed by atoms with Crippen molar-refractivity contribution in [1.82, 2.24) is 0 Å². The molecule has 0 aliphatic carbocycles. The van der Waals surface area contributed by atoms with Gasteiger partial charge in [0.2, 0.25) is 6.29 Å². The SMILES string of the molecule is CCOC1CC23C(=O)Nc4ccccc4N2C(=O)C(=O)C3=C(c2ccc(OC)cc2)O1. The van der Waals surface area contributed by atoms with Crippen LogP contribution in [-0.4, -0.2) is 43.1 Å². The van der Waals surface area contributed by atoms with E-state index in [0.717, 1.165) is 0 Å². The highest BCUT2D eigenvalue weighted by atomic mass is 16.7. The highest BCUT2D eigenvalue weighted by molar-refractivity contribution is 6.55. The number of anilines is 2. The van der Waals surface area contributed by atoms with E-state index in [1.165, 1.54) is 4.90 Å². The van der Waals surface area contributed by atoms with E-state index in [9.17, 15) is 14.4 Å². The summed E-state index contributed by atoms with van der Waals surface area (Å²) in [6.45, 7) is 2.15. The zero-order valence-corrected chi connectivity index (χ0v) is 17.0. The number of carbonyl (C=O) groups is 3. The van der Waals surface area contributed by atoms with E-state index in [2.05, 4.69) is 5.32 Å². The minimum atomic E-state index is -1.55. The van der Waals surface area contributed by atoms with Crippen molar-refractivity contribution in [1.29, 1.82) is 0 Å². The quantitative estimate of drug-likeness (QED) is 0.764. The average Bonchev–Trinajstić information content (AvgIpc) is 3.02. The Labute approximate surface area is 178 Å². The second-order valence-corrected chi connectivity index (χ2v) is 7.44. The summed E-state index contributed by atoms with van der Waals surface area (Å²) in [5.41, 5.74) is -0.0110. The van der Waals surface area contributed by atoms with Crippen molar-refractivity contribution >= 4 is 34.7 Å². The fourth-order valence-corrected chi connectivity index (χ4v) is 4.50. The maximum Gasteiger partial charge on any atom is 0.300 e. The standard InChI is InChI=1S/C23H20N2O6/c1-3-30-17-12-23-18(20(31-17)13-8-10-14(29-2)11-9-13)19(26)21(27)25(23)16-7-5-4-6-15(16)24-22(23)28/h4-11,17H,3,12H2,1-2H3,(H,24,28). The number of Topliss-reactive ketones (excluding diaryl/α,β-unsaturated/α-hetero) is 1. The molecule has 31 heavy (non-hydrogen) atoms. The molecule has 5 rings (SSSR count). The van der Waals surface area contributed by atoms with Crippen molar-refractivity contribution in [2.24, 2.45) is 0 Å². The van der Waals surface area contributed by atoms with Crippen LogP contribution in [0.4, 0.5) is 11.4 Å². The van der Waals surface area contributed by atoms with Gasteiger partial charge in [-0.05, 0) is 43.3 Å². The fourth-order valence-electron chi connectivity index (χ4n) is 4.50. The number of ether oxygens (including phenoxy) is 3. The first-order valence-corrected chi connectivity index (χ1v) is 9.98. The lowest BCUT2D eigenvalue weighted by Crippen LogP contribution is -2.61. The Morgan fingerprint density at radius 1 is 1.13 bits per heavy atom. The minimum Gasteiger partial charge on any atom is -0.497 e. The molecule has 2 aromatic rings. The van der Waals surface area contributed by atoms with Gasteiger partial charge in [-0.1, -0.05) is 12.1 Å². The van der Waals surface area contributed by atoms with Crippen LogP contribution in [0.15, 0.2) is 54.1 Å². The van der Waals surface area contributed by atoms with Crippen LogP contribution in [0.1, 0.15) is 18.9 Å². The molecule has 2 unspecified atom stereocenters. The summed E-state index contributed by atoms with van der Waals surface area (Å²) in [7, 11) is 1.55. The molecule has 8 nitrogen and oxygen atoms in total. The van der Waals surface area contributed by atoms with E-state index in [-0.39, 0.29) is 17.8 Å². The van der Waals surface area contributed by atoms with E-state index >= 15 is 0 Å². The highest BCUT2D eigenvalue weighted by Crippen LogP contribution is 2.52. The molecule has 0 radical (unpaired) electrons. The predicted octanol–water partition coefficient (Wildman–Crippen LogP) is 2.50. The molecular formula is C23H20N2O6. The van der Waals surface area contributed by atoms with Crippen LogP contribution in [0.2, 0.25) is 0 Å². The molecule has 8 heteroatoms. The molecule has 1 spiro atoms. The topological polar surface area (TPSA) is 94.2 Å². The normalized spacial score (nSPS) is 24.3. The monoisotopic (exact) mass is 420 g/mol. The third-order valence-corrected chi connectivity index (χ3v) is 5.83. The van der Waals surface area contributed by atoms with Crippen molar-refractivity contribution in [2.75, 3.05) is 23.9 Å². The predicted molar refractivity (Wildman–Crippen MR) is 111 cm³/mol. The van der Waals surface area contributed by atoms with Crippen molar-refractivity contribution in [3.8, 4) is 5.75 Å². The third kappa shape index (κ3) is 2.61. The maximum absolute atomic E-state index is 13.5. The number of hydrogen-bond donors (Lipinski definition) is 1. The number of methoxy groups -OCH3 is 1. The van der Waals surface area contributed by atoms with Crippen LogP contribution in [0.25, 0.3) is 5.76 Å². The number of nitrogens with zero attached hydrogens (tertiary/aromatic N) is 1. The largest absolute Gasteiger partial charge is 0.497 e. The summed E-state index contributed by atoms with van der Waals surface area (Å²) < 4.78 is 17.0. The van der Waals surface area contributed by atoms with E-state index in [1.807, 2.05) is 6.92 Å². The summed E-state index contributed by atoms with van der Waals surface area (Å²) in [4.78, 5) is 41.2. The lowest BCUT2D eigenvalue weighted by Gasteiger charge is -2.45. The lowest BCUT2D eigenvalue weighted by atomic mass is 9.80. The molecule has 1 fully saturated rings. The van der Waals surface area contributed by atoms with Crippen molar-refractivity contribution in [3.05, 3.63) is 59.7 Å². The molecule has 3 aliphatic rings. The smallest absolute Gasteiger partial charge is 0.300 e. The first-order valence-electron chi connectivity index (χ1n) is 9.98. The van der Waals surface area contributed by atoms with Gasteiger partial charge in [0.1, 0.15) is 11.5 Å². The van der Waals surface area contributed by atoms with Crippen LogP contribution in [0.5, 0.6) is 5.75 Å². The van der Waals surface area contributed by atoms with E-state index < -0.39 is 29.4 Å². The summed E-state index contributed by atoms with van der Waals surface area (Å²) in [5.74, 6) is -1.18. The number of amides is 2. The zero-order valence-electron chi connectivity index (χ0n) is 17.0. The van der Waals surface area contributed by atoms with Gasteiger partial charge in [0.05, 0.1) is 24.1 Å². The van der Waals surface area contributed by atoms with Crippen LogP contribution in [0, 0.1) is 0 Å².